The lowest BCUT2D eigenvalue weighted by molar-refractivity contribution is -0.582. The number of methoxy groups -OCH3 is 1. The van der Waals surface area contributed by atoms with Gasteiger partial charge in [0.25, 0.3) is 0 Å². The molecule has 9 heteroatoms. The Bertz CT molecular complexity index is 878. The summed E-state index contributed by atoms with van der Waals surface area (Å²) >= 11 is 0. The number of nitrogens with one attached hydrogen (secondary N) is 1. The van der Waals surface area contributed by atoms with Gasteiger partial charge in [0.1, 0.15) is 5.75 Å². The van der Waals surface area contributed by atoms with Gasteiger partial charge in [0, 0.05) is 23.9 Å². The molecule has 4 heterocycles. The van der Waals surface area contributed by atoms with E-state index in [0.29, 0.717) is 24.5 Å². The van der Waals surface area contributed by atoms with Crippen molar-refractivity contribution in [2.75, 3.05) is 12.4 Å². The summed E-state index contributed by atoms with van der Waals surface area (Å²) in [5.74, 6) is -1.68. The Morgan fingerprint density at radius 1 is 1.06 bits per heavy atom. The molecule has 4 aliphatic heterocycles. The number of rotatable bonds is 4. The normalized spacial score (nSPS) is 44.6. The summed E-state index contributed by atoms with van der Waals surface area (Å²) < 4.78 is 62.0. The van der Waals surface area contributed by atoms with Crippen molar-refractivity contribution >= 4 is 5.69 Å². The van der Waals surface area contributed by atoms with Gasteiger partial charge in [-0.3, -0.25) is 0 Å². The van der Waals surface area contributed by atoms with Crippen LogP contribution in [0, 0.1) is 23.7 Å². The highest BCUT2D eigenvalue weighted by Crippen LogP contribution is 2.64. The maximum atomic E-state index is 14.9. The molecule has 2 bridgehead atoms. The van der Waals surface area contributed by atoms with Gasteiger partial charge in [0.2, 0.25) is 11.5 Å². The van der Waals surface area contributed by atoms with Crippen LogP contribution >= 0.6 is 0 Å². The molecule has 8 atom stereocenters. The lowest BCUT2D eigenvalue weighted by Crippen LogP contribution is -2.77. The van der Waals surface area contributed by atoms with Crippen LogP contribution in [0.3, 0.4) is 0 Å². The zero-order valence-corrected chi connectivity index (χ0v) is 19.4. The van der Waals surface area contributed by atoms with Crippen molar-refractivity contribution in [2.45, 2.75) is 82.5 Å². The SMILES string of the molecule is CC[C@@H]1CC[C@H]2[C@@H](C)[C@](Nc3ccc(OC)cc3)(C(F)(F)F)O[C@@H]3O[C@]4(C)CC[C@@H]1[C@]32OO4. The van der Waals surface area contributed by atoms with Crippen LogP contribution in [0.2, 0.25) is 0 Å². The number of alkyl halides is 3. The molecular formula is C24H32F3NO5. The van der Waals surface area contributed by atoms with Crippen LogP contribution in [-0.2, 0) is 19.2 Å². The van der Waals surface area contributed by atoms with Crippen LogP contribution in [0.1, 0.15) is 52.9 Å². The molecule has 1 saturated carbocycles. The van der Waals surface area contributed by atoms with E-state index in [4.69, 9.17) is 24.0 Å². The third kappa shape index (κ3) is 3.30. The lowest BCUT2D eigenvalue weighted by Gasteiger charge is -2.63. The maximum absolute atomic E-state index is 14.9. The predicted molar refractivity (Wildman–Crippen MR) is 113 cm³/mol. The van der Waals surface area contributed by atoms with Crippen LogP contribution in [0.25, 0.3) is 0 Å². The molecular weight excluding hydrogens is 439 g/mol. The highest BCUT2D eigenvalue weighted by molar-refractivity contribution is 5.49. The quantitative estimate of drug-likeness (QED) is 0.574. The maximum Gasteiger partial charge on any atom is 0.436 e. The monoisotopic (exact) mass is 471 g/mol. The van der Waals surface area contributed by atoms with E-state index in [1.54, 1.807) is 38.1 Å². The van der Waals surface area contributed by atoms with Gasteiger partial charge in [-0.05, 0) is 62.3 Å². The largest absolute Gasteiger partial charge is 0.497 e. The first kappa shape index (κ1) is 23.2. The zero-order chi connectivity index (χ0) is 23.6. The van der Waals surface area contributed by atoms with Crippen molar-refractivity contribution in [2.24, 2.45) is 23.7 Å². The fraction of sp³-hybridized carbons (Fsp3) is 0.750. The number of ether oxygens (including phenoxy) is 3. The fourth-order valence-electron chi connectivity index (χ4n) is 6.69. The minimum atomic E-state index is -4.71. The summed E-state index contributed by atoms with van der Waals surface area (Å²) in [5.41, 5.74) is -3.42. The van der Waals surface area contributed by atoms with Gasteiger partial charge in [-0.1, -0.05) is 20.3 Å². The van der Waals surface area contributed by atoms with Crippen LogP contribution < -0.4 is 10.1 Å². The highest BCUT2D eigenvalue weighted by Gasteiger charge is 2.76. The smallest absolute Gasteiger partial charge is 0.436 e. The van der Waals surface area contributed by atoms with E-state index in [0.717, 1.165) is 19.3 Å². The van der Waals surface area contributed by atoms with Crippen molar-refractivity contribution in [3.05, 3.63) is 24.3 Å². The molecule has 6 rings (SSSR count). The lowest BCUT2D eigenvalue weighted by atomic mass is 9.55. The third-order valence-corrected chi connectivity index (χ3v) is 8.48. The molecule has 1 aromatic carbocycles. The topological polar surface area (TPSA) is 58.2 Å². The summed E-state index contributed by atoms with van der Waals surface area (Å²) in [6.07, 6.45) is -2.24. The molecule has 1 spiro atoms. The minimum Gasteiger partial charge on any atom is -0.497 e. The minimum absolute atomic E-state index is 0.00486. The number of halogens is 3. The molecule has 1 aliphatic carbocycles. The number of anilines is 1. The van der Waals surface area contributed by atoms with Gasteiger partial charge in [-0.2, -0.15) is 13.2 Å². The molecule has 0 unspecified atom stereocenters. The van der Waals surface area contributed by atoms with Gasteiger partial charge in [0.05, 0.1) is 7.11 Å². The van der Waals surface area contributed by atoms with E-state index < -0.39 is 41.4 Å². The summed E-state index contributed by atoms with van der Waals surface area (Å²) in [5, 5.41) is 2.71. The Kier molecular flexibility index (Phi) is 5.44. The van der Waals surface area contributed by atoms with Gasteiger partial charge < -0.3 is 19.5 Å². The van der Waals surface area contributed by atoms with Crippen molar-refractivity contribution in [1.82, 2.24) is 0 Å². The first-order valence-corrected chi connectivity index (χ1v) is 11.8. The average molecular weight is 472 g/mol. The van der Waals surface area contributed by atoms with E-state index in [2.05, 4.69) is 12.2 Å². The number of fused-ring (bicyclic) bond motifs is 2. The third-order valence-electron chi connectivity index (χ3n) is 8.48. The summed E-state index contributed by atoms with van der Waals surface area (Å²) in [6.45, 7) is 5.43. The van der Waals surface area contributed by atoms with E-state index >= 15 is 0 Å². The van der Waals surface area contributed by atoms with Crippen LogP contribution in [-0.4, -0.2) is 36.7 Å². The molecule has 0 amide bonds. The molecule has 1 N–H and O–H groups in total. The number of hydrogen-bond donors (Lipinski definition) is 1. The van der Waals surface area contributed by atoms with Crippen molar-refractivity contribution in [3.63, 3.8) is 0 Å². The summed E-state index contributed by atoms with van der Waals surface area (Å²) in [6, 6.07) is 6.35. The molecule has 6 nitrogen and oxygen atoms in total. The highest BCUT2D eigenvalue weighted by atomic mass is 19.4. The Morgan fingerprint density at radius 3 is 2.42 bits per heavy atom. The molecule has 0 radical (unpaired) electrons. The van der Waals surface area contributed by atoms with E-state index in [-0.39, 0.29) is 11.6 Å². The number of hydrogen-bond acceptors (Lipinski definition) is 6. The first-order chi connectivity index (χ1) is 15.6. The second-order valence-electron chi connectivity index (χ2n) is 10.1. The average Bonchev–Trinajstić information content (AvgIpc) is 3.01. The van der Waals surface area contributed by atoms with Gasteiger partial charge >= 0.3 is 6.18 Å². The molecule has 184 valence electrons. The molecule has 1 aromatic rings. The Hall–Kier alpha value is -1.55. The molecule has 5 fully saturated rings. The van der Waals surface area contributed by atoms with Crippen LogP contribution in [0.4, 0.5) is 18.9 Å². The standard InChI is InChI=1S/C24H32F3NO5/c1-5-15-6-11-18-14(2)23(24(25,26)27,28-16-7-9-17(29-4)10-8-16)31-20-22(18)19(15)12-13-21(3,30-20)32-33-22/h7-10,14-15,18-20,28H,5-6,11-13H2,1-4H3/t14-,15-,18+,19+,20+,21+,22+,23-/m1/s1. The second-order valence-corrected chi connectivity index (χ2v) is 10.1. The second kappa shape index (κ2) is 7.73. The van der Waals surface area contributed by atoms with Gasteiger partial charge in [-0.25, -0.2) is 9.78 Å². The fourth-order valence-corrected chi connectivity index (χ4v) is 6.69. The van der Waals surface area contributed by atoms with E-state index in [1.165, 1.54) is 7.11 Å². The van der Waals surface area contributed by atoms with Crippen molar-refractivity contribution < 1.29 is 37.2 Å². The van der Waals surface area contributed by atoms with Crippen LogP contribution in [0.5, 0.6) is 5.75 Å². The molecule has 33 heavy (non-hydrogen) atoms. The molecule has 4 saturated heterocycles. The zero-order valence-electron chi connectivity index (χ0n) is 19.4. The van der Waals surface area contributed by atoms with E-state index in [9.17, 15) is 13.2 Å². The Balaban J connectivity index is 1.60. The van der Waals surface area contributed by atoms with Crippen molar-refractivity contribution in [1.29, 1.82) is 0 Å². The molecule has 5 aliphatic rings. The molecule has 0 aromatic heterocycles. The van der Waals surface area contributed by atoms with Crippen molar-refractivity contribution in [3.8, 4) is 5.75 Å². The summed E-state index contributed by atoms with van der Waals surface area (Å²) in [4.78, 5) is 11.8. The number of benzene rings is 1. The van der Waals surface area contributed by atoms with Gasteiger partial charge in [0.15, 0.2) is 11.9 Å². The predicted octanol–water partition coefficient (Wildman–Crippen LogP) is 5.64. The van der Waals surface area contributed by atoms with Gasteiger partial charge in [-0.15, -0.1) is 0 Å². The first-order valence-electron chi connectivity index (χ1n) is 11.8. The van der Waals surface area contributed by atoms with E-state index in [1.807, 2.05) is 0 Å². The Morgan fingerprint density at radius 2 is 1.79 bits per heavy atom. The Labute approximate surface area is 192 Å². The van der Waals surface area contributed by atoms with Crippen LogP contribution in [0.15, 0.2) is 24.3 Å². The summed E-state index contributed by atoms with van der Waals surface area (Å²) in [7, 11) is 1.51.